The van der Waals surface area contributed by atoms with E-state index in [1.807, 2.05) is 0 Å². The van der Waals surface area contributed by atoms with E-state index in [2.05, 4.69) is 5.32 Å². The molecule has 1 N–H and O–H groups in total. The van der Waals surface area contributed by atoms with Crippen molar-refractivity contribution in [2.75, 3.05) is 26.2 Å². The number of allylic oxidation sites excluding steroid dienone is 1. The van der Waals surface area contributed by atoms with Crippen molar-refractivity contribution >= 4 is 11.4 Å². The molecule has 1 aliphatic heterocycles. The smallest absolute Gasteiger partial charge is 0.375 e. The Balaban J connectivity index is 2.33. The summed E-state index contributed by atoms with van der Waals surface area (Å²) in [6.07, 6.45) is -2.69. The van der Waals surface area contributed by atoms with E-state index in [-0.39, 0.29) is 11.1 Å². The fourth-order valence-electron chi connectivity index (χ4n) is 2.21. The molecule has 1 aromatic carbocycles. The molecule has 3 nitrogen and oxygen atoms in total. The molecule has 0 radical (unpaired) electrons. The lowest BCUT2D eigenvalue weighted by atomic mass is 10.0. The first-order chi connectivity index (χ1) is 9.98. The normalized spacial score (nSPS) is 17.5. The third-order valence-electron chi connectivity index (χ3n) is 3.27. The van der Waals surface area contributed by atoms with Crippen molar-refractivity contribution < 1.29 is 18.0 Å². The number of hydrogen-bond acceptors (Lipinski definition) is 3. The number of carbonyl (C=O) groups excluding carboxylic acids is 1. The molecular weight excluding hydrogens is 281 g/mol. The van der Waals surface area contributed by atoms with E-state index in [4.69, 9.17) is 0 Å². The summed E-state index contributed by atoms with van der Waals surface area (Å²) in [4.78, 5) is 13.5. The van der Waals surface area contributed by atoms with Gasteiger partial charge in [0, 0.05) is 25.8 Å². The van der Waals surface area contributed by atoms with Crippen LogP contribution in [-0.2, 0) is 4.79 Å². The predicted molar refractivity (Wildman–Crippen MR) is 74.5 cm³/mol. The maximum absolute atomic E-state index is 12.8. The number of rotatable bonds is 3. The van der Waals surface area contributed by atoms with Crippen molar-refractivity contribution in [1.82, 2.24) is 10.2 Å². The lowest BCUT2D eigenvalue weighted by Gasteiger charge is -2.20. The second kappa shape index (κ2) is 6.76. The third kappa shape index (κ3) is 4.32. The molecule has 0 aliphatic carbocycles. The summed E-state index contributed by atoms with van der Waals surface area (Å²) in [5, 5.41) is 3.17. The number of halogens is 3. The Morgan fingerprint density at radius 2 is 1.86 bits per heavy atom. The van der Waals surface area contributed by atoms with Gasteiger partial charge in [-0.25, -0.2) is 0 Å². The van der Waals surface area contributed by atoms with Crippen molar-refractivity contribution in [3.8, 4) is 0 Å². The van der Waals surface area contributed by atoms with Crippen LogP contribution in [0.15, 0.2) is 36.5 Å². The van der Waals surface area contributed by atoms with Gasteiger partial charge in [-0.3, -0.25) is 4.79 Å². The predicted octanol–water partition coefficient (Wildman–Crippen LogP) is 2.45. The highest BCUT2D eigenvalue weighted by atomic mass is 19.4. The third-order valence-corrected chi connectivity index (χ3v) is 3.27. The second-order valence-electron chi connectivity index (χ2n) is 4.88. The van der Waals surface area contributed by atoms with Gasteiger partial charge in [0.05, 0.1) is 5.57 Å². The first-order valence-electron chi connectivity index (χ1n) is 6.82. The van der Waals surface area contributed by atoms with Gasteiger partial charge in [-0.15, -0.1) is 0 Å². The Kier molecular flexibility index (Phi) is 5.01. The van der Waals surface area contributed by atoms with Crippen molar-refractivity contribution in [1.29, 1.82) is 0 Å². The Morgan fingerprint density at radius 3 is 2.52 bits per heavy atom. The van der Waals surface area contributed by atoms with E-state index in [9.17, 15) is 18.0 Å². The largest absolute Gasteiger partial charge is 0.454 e. The summed E-state index contributed by atoms with van der Waals surface area (Å²) in [7, 11) is 0. The minimum Gasteiger partial charge on any atom is -0.375 e. The summed E-state index contributed by atoms with van der Waals surface area (Å²) < 4.78 is 38.4. The molecule has 0 amide bonds. The molecule has 1 aliphatic rings. The van der Waals surface area contributed by atoms with Crippen LogP contribution in [0, 0.1) is 0 Å². The number of hydrogen-bond donors (Lipinski definition) is 1. The lowest BCUT2D eigenvalue weighted by molar-refractivity contribution is -0.164. The van der Waals surface area contributed by atoms with E-state index in [0.717, 1.165) is 13.0 Å². The number of Topliss-reactive ketones (excluding diaryl/α,β-unsaturated/α-hetero) is 1. The molecule has 2 rings (SSSR count). The zero-order valence-corrected chi connectivity index (χ0v) is 11.5. The van der Waals surface area contributed by atoms with E-state index in [0.29, 0.717) is 19.6 Å². The number of nitrogens with zero attached hydrogens (tertiary/aromatic N) is 1. The van der Waals surface area contributed by atoms with Crippen LogP contribution in [0.5, 0.6) is 0 Å². The molecule has 0 saturated carbocycles. The fraction of sp³-hybridized carbons (Fsp3) is 0.400. The van der Waals surface area contributed by atoms with Crippen molar-refractivity contribution in [2.45, 2.75) is 12.6 Å². The first-order valence-corrected chi connectivity index (χ1v) is 6.82. The molecule has 114 valence electrons. The van der Waals surface area contributed by atoms with Crippen LogP contribution in [0.1, 0.15) is 12.0 Å². The molecule has 1 heterocycles. The molecule has 0 bridgehead atoms. The van der Waals surface area contributed by atoms with Gasteiger partial charge in [0.25, 0.3) is 5.78 Å². The topological polar surface area (TPSA) is 32.3 Å². The van der Waals surface area contributed by atoms with Crippen LogP contribution in [0.2, 0.25) is 0 Å². The summed E-state index contributed by atoms with van der Waals surface area (Å²) in [5.41, 5.74) is -0.0120. The number of carbonyl (C=O) groups is 1. The van der Waals surface area contributed by atoms with E-state index < -0.39 is 12.0 Å². The highest BCUT2D eigenvalue weighted by Crippen LogP contribution is 2.27. The van der Waals surface area contributed by atoms with Crippen LogP contribution < -0.4 is 5.32 Å². The number of alkyl halides is 3. The van der Waals surface area contributed by atoms with Crippen LogP contribution in [0.3, 0.4) is 0 Å². The maximum Gasteiger partial charge on any atom is 0.454 e. The lowest BCUT2D eigenvalue weighted by Crippen LogP contribution is -2.28. The number of nitrogens with one attached hydrogen (secondary N) is 1. The fourth-order valence-corrected chi connectivity index (χ4v) is 2.21. The van der Waals surface area contributed by atoms with Crippen molar-refractivity contribution in [3.63, 3.8) is 0 Å². The van der Waals surface area contributed by atoms with E-state index >= 15 is 0 Å². The van der Waals surface area contributed by atoms with Crippen LogP contribution in [-0.4, -0.2) is 43.0 Å². The van der Waals surface area contributed by atoms with Crippen LogP contribution in [0.25, 0.3) is 5.57 Å². The van der Waals surface area contributed by atoms with Crippen molar-refractivity contribution in [2.24, 2.45) is 0 Å². The number of ketones is 1. The van der Waals surface area contributed by atoms with Gasteiger partial charge in [-0.1, -0.05) is 30.3 Å². The van der Waals surface area contributed by atoms with Gasteiger partial charge in [0.1, 0.15) is 0 Å². The van der Waals surface area contributed by atoms with Gasteiger partial charge in [-0.05, 0) is 18.5 Å². The molecule has 1 saturated heterocycles. The Labute approximate surface area is 121 Å². The standard InChI is InChI=1S/C15H17F3N2O/c16-15(17,18)14(21)13(12-5-2-1-3-6-12)11-20-9-4-7-19-8-10-20/h1-3,5-6,11,19H,4,7-10H2/b13-11+. The molecule has 0 atom stereocenters. The minimum absolute atomic E-state index is 0.289. The van der Waals surface area contributed by atoms with Gasteiger partial charge >= 0.3 is 6.18 Å². The monoisotopic (exact) mass is 298 g/mol. The van der Waals surface area contributed by atoms with Crippen LogP contribution in [0.4, 0.5) is 13.2 Å². The van der Waals surface area contributed by atoms with Gasteiger partial charge in [-0.2, -0.15) is 13.2 Å². The molecular formula is C15H17F3N2O. The molecule has 0 aromatic heterocycles. The molecule has 1 fully saturated rings. The molecule has 6 heteroatoms. The summed E-state index contributed by atoms with van der Waals surface area (Å²) in [5.74, 6) is -1.80. The average Bonchev–Trinajstić information content (AvgIpc) is 2.72. The Morgan fingerprint density at radius 1 is 1.14 bits per heavy atom. The zero-order valence-electron chi connectivity index (χ0n) is 11.5. The second-order valence-corrected chi connectivity index (χ2v) is 4.88. The number of benzene rings is 1. The molecule has 21 heavy (non-hydrogen) atoms. The average molecular weight is 298 g/mol. The molecule has 1 aromatic rings. The Hall–Kier alpha value is -1.82. The highest BCUT2D eigenvalue weighted by Gasteiger charge is 2.41. The van der Waals surface area contributed by atoms with Gasteiger partial charge in [0.15, 0.2) is 0 Å². The van der Waals surface area contributed by atoms with Gasteiger partial charge < -0.3 is 10.2 Å². The van der Waals surface area contributed by atoms with E-state index in [1.165, 1.54) is 18.3 Å². The van der Waals surface area contributed by atoms with Crippen LogP contribution >= 0.6 is 0 Å². The van der Waals surface area contributed by atoms with Gasteiger partial charge in [0.2, 0.25) is 0 Å². The first kappa shape index (κ1) is 15.6. The summed E-state index contributed by atoms with van der Waals surface area (Å²) >= 11 is 0. The molecule has 0 unspecified atom stereocenters. The Bertz CT molecular complexity index is 503. The minimum atomic E-state index is -4.87. The zero-order chi connectivity index (χ0) is 15.3. The summed E-state index contributed by atoms with van der Waals surface area (Å²) in [6, 6.07) is 7.99. The van der Waals surface area contributed by atoms with Crippen molar-refractivity contribution in [3.05, 3.63) is 42.1 Å². The molecule has 0 spiro atoms. The van der Waals surface area contributed by atoms with E-state index in [1.54, 1.807) is 23.1 Å². The maximum atomic E-state index is 12.8. The highest BCUT2D eigenvalue weighted by molar-refractivity contribution is 6.23. The quantitative estimate of drug-likeness (QED) is 0.870. The summed E-state index contributed by atoms with van der Waals surface area (Å²) in [6.45, 7) is 2.74. The SMILES string of the molecule is O=C(/C(=C/N1CCCNCC1)c1ccccc1)C(F)(F)F.